The van der Waals surface area contributed by atoms with Crippen molar-refractivity contribution in [2.45, 2.75) is 11.7 Å². The molecule has 4 nitrogen and oxygen atoms in total. The van der Waals surface area contributed by atoms with Crippen LogP contribution >= 0.6 is 35.0 Å². The van der Waals surface area contributed by atoms with Gasteiger partial charge in [0.1, 0.15) is 11.5 Å². The Kier molecular flexibility index (Phi) is 5.98. The highest BCUT2D eigenvalue weighted by Gasteiger charge is 2.23. The van der Waals surface area contributed by atoms with Gasteiger partial charge in [0.25, 0.3) is 5.91 Å². The molecule has 7 heteroatoms. The Morgan fingerprint density at radius 3 is 2.96 bits per heavy atom. The van der Waals surface area contributed by atoms with Crippen molar-refractivity contribution < 1.29 is 13.9 Å². The van der Waals surface area contributed by atoms with Crippen molar-refractivity contribution in [2.24, 2.45) is 0 Å². The fourth-order valence-electron chi connectivity index (χ4n) is 2.54. The third kappa shape index (κ3) is 4.41. The normalized spacial score (nSPS) is 18.2. The minimum Gasteiger partial charge on any atom is -0.482 e. The summed E-state index contributed by atoms with van der Waals surface area (Å²) in [5, 5.41) is 1.23. The first-order chi connectivity index (χ1) is 11.6. The Morgan fingerprint density at radius 2 is 2.21 bits per heavy atom. The maximum atomic E-state index is 12.4. The van der Waals surface area contributed by atoms with Gasteiger partial charge in [-0.05, 0) is 36.8 Å². The molecule has 1 aliphatic rings. The average Bonchev–Trinajstić information content (AvgIpc) is 2.98. The van der Waals surface area contributed by atoms with Crippen molar-refractivity contribution in [1.82, 2.24) is 4.90 Å². The number of hydrogen-bond acceptors (Lipinski definition) is 4. The fraction of sp³-hybridized carbons (Fsp3) is 0.353. The fourth-order valence-corrected chi connectivity index (χ4v) is 4.19. The molecule has 128 valence electrons. The maximum absolute atomic E-state index is 12.4. The quantitative estimate of drug-likeness (QED) is 0.766. The van der Waals surface area contributed by atoms with Crippen LogP contribution in [0.1, 0.15) is 17.4 Å². The van der Waals surface area contributed by atoms with Crippen molar-refractivity contribution >= 4 is 40.9 Å². The van der Waals surface area contributed by atoms with E-state index in [9.17, 15) is 4.79 Å². The predicted octanol–water partition coefficient (Wildman–Crippen LogP) is 4.67. The largest absolute Gasteiger partial charge is 0.482 e. The van der Waals surface area contributed by atoms with Crippen LogP contribution in [0.25, 0.3) is 0 Å². The van der Waals surface area contributed by atoms with Crippen LogP contribution in [0.4, 0.5) is 0 Å². The Morgan fingerprint density at radius 1 is 1.33 bits per heavy atom. The van der Waals surface area contributed by atoms with E-state index in [1.165, 1.54) is 0 Å². The van der Waals surface area contributed by atoms with Crippen LogP contribution in [0.3, 0.4) is 0 Å². The molecule has 0 bridgehead atoms. The van der Waals surface area contributed by atoms with E-state index in [1.54, 1.807) is 24.5 Å². The Bertz CT molecular complexity index is 693. The number of halogens is 2. The van der Waals surface area contributed by atoms with E-state index in [0.717, 1.165) is 17.9 Å². The summed E-state index contributed by atoms with van der Waals surface area (Å²) in [4.78, 5) is 14.2. The zero-order chi connectivity index (χ0) is 16.9. The SMILES string of the molecule is O=C(COc1ccc(Cl)cc1Cl)N1CCS[C@H](c2ccco2)CC1. The van der Waals surface area contributed by atoms with Gasteiger partial charge in [-0.2, -0.15) is 0 Å². The molecule has 0 N–H and O–H groups in total. The first-order valence-electron chi connectivity index (χ1n) is 7.64. The van der Waals surface area contributed by atoms with Crippen LogP contribution in [-0.2, 0) is 4.79 Å². The molecule has 0 unspecified atom stereocenters. The summed E-state index contributed by atoms with van der Waals surface area (Å²) < 4.78 is 11.0. The molecule has 2 aromatic rings. The Balaban J connectivity index is 1.53. The molecule has 1 saturated heterocycles. The summed E-state index contributed by atoms with van der Waals surface area (Å²) in [5.41, 5.74) is 0. The lowest BCUT2D eigenvalue weighted by Gasteiger charge is -2.20. The van der Waals surface area contributed by atoms with Gasteiger partial charge in [0.2, 0.25) is 0 Å². The topological polar surface area (TPSA) is 42.7 Å². The zero-order valence-corrected chi connectivity index (χ0v) is 15.2. The van der Waals surface area contributed by atoms with E-state index in [1.807, 2.05) is 28.8 Å². The summed E-state index contributed by atoms with van der Waals surface area (Å²) in [6.45, 7) is 1.37. The lowest BCUT2D eigenvalue weighted by atomic mass is 10.2. The number of rotatable bonds is 4. The van der Waals surface area contributed by atoms with Gasteiger partial charge in [-0.15, -0.1) is 11.8 Å². The van der Waals surface area contributed by atoms with E-state index in [-0.39, 0.29) is 12.5 Å². The third-order valence-corrected chi connectivity index (χ3v) is 5.62. The van der Waals surface area contributed by atoms with Gasteiger partial charge in [-0.1, -0.05) is 23.2 Å². The summed E-state index contributed by atoms with van der Waals surface area (Å²) in [6, 6.07) is 8.83. The third-order valence-electron chi connectivity index (χ3n) is 3.80. The summed E-state index contributed by atoms with van der Waals surface area (Å²) >= 11 is 13.7. The monoisotopic (exact) mass is 385 g/mol. The van der Waals surface area contributed by atoms with Crippen molar-refractivity contribution in [3.05, 3.63) is 52.4 Å². The second-order valence-corrected chi connectivity index (χ2v) is 7.56. The standard InChI is InChI=1S/C17H17Cl2NO3S/c18-12-3-4-14(13(19)10-12)23-11-17(21)20-6-5-16(24-9-7-20)15-2-1-8-22-15/h1-4,8,10,16H,5-7,9,11H2/t16-/m0/s1. The van der Waals surface area contributed by atoms with Gasteiger partial charge < -0.3 is 14.1 Å². The molecule has 1 fully saturated rings. The molecule has 1 aromatic heterocycles. The lowest BCUT2D eigenvalue weighted by molar-refractivity contribution is -0.133. The van der Waals surface area contributed by atoms with E-state index in [4.69, 9.17) is 32.4 Å². The predicted molar refractivity (Wildman–Crippen MR) is 97.1 cm³/mol. The van der Waals surface area contributed by atoms with Crippen LogP contribution < -0.4 is 4.74 Å². The molecular weight excluding hydrogens is 369 g/mol. The van der Waals surface area contributed by atoms with Gasteiger partial charge in [0.05, 0.1) is 16.5 Å². The highest BCUT2D eigenvalue weighted by molar-refractivity contribution is 7.99. The molecule has 0 saturated carbocycles. The minimum absolute atomic E-state index is 0.0303. The number of nitrogens with zero attached hydrogens (tertiary/aromatic N) is 1. The maximum Gasteiger partial charge on any atom is 0.260 e. The van der Waals surface area contributed by atoms with E-state index in [0.29, 0.717) is 34.1 Å². The van der Waals surface area contributed by atoms with Crippen LogP contribution in [0, 0.1) is 0 Å². The molecule has 0 spiro atoms. The van der Waals surface area contributed by atoms with E-state index >= 15 is 0 Å². The Labute approximate surface area is 155 Å². The van der Waals surface area contributed by atoms with Crippen LogP contribution in [0.2, 0.25) is 10.0 Å². The van der Waals surface area contributed by atoms with Gasteiger partial charge in [0, 0.05) is 23.9 Å². The first kappa shape index (κ1) is 17.5. The van der Waals surface area contributed by atoms with Crippen molar-refractivity contribution in [2.75, 3.05) is 25.4 Å². The first-order valence-corrected chi connectivity index (χ1v) is 9.44. The van der Waals surface area contributed by atoms with Crippen LogP contribution in [0.15, 0.2) is 41.0 Å². The molecule has 0 aliphatic carbocycles. The average molecular weight is 386 g/mol. The van der Waals surface area contributed by atoms with Gasteiger partial charge in [-0.25, -0.2) is 0 Å². The van der Waals surface area contributed by atoms with Crippen LogP contribution in [0.5, 0.6) is 5.75 Å². The molecule has 24 heavy (non-hydrogen) atoms. The minimum atomic E-state index is -0.0401. The van der Waals surface area contributed by atoms with Crippen LogP contribution in [-0.4, -0.2) is 36.3 Å². The Hall–Kier alpha value is -1.30. The van der Waals surface area contributed by atoms with Gasteiger partial charge in [-0.3, -0.25) is 4.79 Å². The number of amides is 1. The smallest absolute Gasteiger partial charge is 0.260 e. The van der Waals surface area contributed by atoms with E-state index in [2.05, 4.69) is 0 Å². The number of carbonyl (C=O) groups excluding carboxylic acids is 1. The van der Waals surface area contributed by atoms with E-state index < -0.39 is 0 Å². The van der Waals surface area contributed by atoms with Gasteiger partial charge >= 0.3 is 0 Å². The molecule has 1 aromatic carbocycles. The molecule has 1 amide bonds. The molecule has 1 aliphatic heterocycles. The summed E-state index contributed by atoms with van der Waals surface area (Å²) in [6.07, 6.45) is 2.55. The summed E-state index contributed by atoms with van der Waals surface area (Å²) in [5.74, 6) is 2.27. The number of thioether (sulfide) groups is 1. The highest BCUT2D eigenvalue weighted by Crippen LogP contribution is 2.34. The van der Waals surface area contributed by atoms with Crippen molar-refractivity contribution in [3.63, 3.8) is 0 Å². The molecule has 0 radical (unpaired) electrons. The second-order valence-electron chi connectivity index (χ2n) is 5.41. The van der Waals surface area contributed by atoms with Crippen molar-refractivity contribution in [3.8, 4) is 5.75 Å². The number of benzene rings is 1. The number of carbonyl (C=O) groups is 1. The second kappa shape index (κ2) is 8.19. The molecule has 2 heterocycles. The molecular formula is C17H17Cl2NO3S. The molecule has 3 rings (SSSR count). The molecule has 1 atom stereocenters. The highest BCUT2D eigenvalue weighted by atomic mass is 35.5. The summed E-state index contributed by atoms with van der Waals surface area (Å²) in [7, 11) is 0. The van der Waals surface area contributed by atoms with Gasteiger partial charge in [0.15, 0.2) is 6.61 Å². The van der Waals surface area contributed by atoms with Crippen molar-refractivity contribution in [1.29, 1.82) is 0 Å². The number of ether oxygens (including phenoxy) is 1. The number of hydrogen-bond donors (Lipinski definition) is 0. The zero-order valence-electron chi connectivity index (χ0n) is 12.9. The lowest BCUT2D eigenvalue weighted by Crippen LogP contribution is -2.36. The number of furan rings is 1.